The van der Waals surface area contributed by atoms with Crippen molar-refractivity contribution in [2.24, 2.45) is 0 Å². The van der Waals surface area contributed by atoms with Crippen molar-refractivity contribution in [3.63, 3.8) is 0 Å². The number of anilines is 1. The van der Waals surface area contributed by atoms with E-state index in [-0.39, 0.29) is 17.6 Å². The minimum atomic E-state index is -0.496. The van der Waals surface area contributed by atoms with Gasteiger partial charge in [0.15, 0.2) is 0 Å². The Hall–Kier alpha value is -3.48. The Balaban J connectivity index is 2.11. The van der Waals surface area contributed by atoms with Gasteiger partial charge in [-0.3, -0.25) is 19.7 Å². The molecule has 0 unspecified atom stereocenters. The van der Waals surface area contributed by atoms with Crippen LogP contribution in [0.2, 0.25) is 0 Å². The first-order valence-electron chi connectivity index (χ1n) is 8.54. The van der Waals surface area contributed by atoms with Crippen LogP contribution in [-0.4, -0.2) is 22.8 Å². The van der Waals surface area contributed by atoms with Gasteiger partial charge in [0.25, 0.3) is 11.6 Å². The van der Waals surface area contributed by atoms with Crippen molar-refractivity contribution in [3.8, 4) is 0 Å². The summed E-state index contributed by atoms with van der Waals surface area (Å²) in [6, 6.07) is 12.7. The number of amides is 2. The van der Waals surface area contributed by atoms with Crippen LogP contribution in [0.15, 0.2) is 54.6 Å². The molecule has 7 heteroatoms. The lowest BCUT2D eigenvalue weighted by atomic mass is 10.1. The molecule has 0 spiro atoms. The third kappa shape index (κ3) is 5.78. The Labute approximate surface area is 157 Å². The van der Waals surface area contributed by atoms with Crippen molar-refractivity contribution in [2.75, 3.05) is 5.32 Å². The maximum absolute atomic E-state index is 12.4. The molecule has 2 amide bonds. The third-order valence-corrected chi connectivity index (χ3v) is 3.93. The molecular weight excluding hydrogens is 346 g/mol. The Morgan fingerprint density at radius 2 is 1.93 bits per heavy atom. The fraction of sp³-hybridized carbons (Fsp3) is 0.200. The lowest BCUT2D eigenvalue weighted by Gasteiger charge is -2.14. The topological polar surface area (TPSA) is 101 Å². The van der Waals surface area contributed by atoms with Gasteiger partial charge in [-0.2, -0.15) is 0 Å². The van der Waals surface area contributed by atoms with E-state index in [2.05, 4.69) is 10.6 Å². The number of hydrogen-bond acceptors (Lipinski definition) is 4. The van der Waals surface area contributed by atoms with Crippen molar-refractivity contribution in [2.45, 2.75) is 26.3 Å². The van der Waals surface area contributed by atoms with Crippen LogP contribution in [-0.2, 0) is 4.79 Å². The zero-order chi connectivity index (χ0) is 19.8. The van der Waals surface area contributed by atoms with Crippen molar-refractivity contribution in [1.82, 2.24) is 5.32 Å². The number of benzene rings is 2. The summed E-state index contributed by atoms with van der Waals surface area (Å²) in [5.41, 5.74) is 1.24. The molecule has 7 nitrogen and oxygen atoms in total. The van der Waals surface area contributed by atoms with Gasteiger partial charge in [0.05, 0.1) is 16.2 Å². The molecule has 0 saturated heterocycles. The van der Waals surface area contributed by atoms with E-state index in [0.717, 1.165) is 6.42 Å². The van der Waals surface area contributed by atoms with Crippen LogP contribution in [0.25, 0.3) is 6.08 Å². The molecular formula is C20H21N3O4. The number of nitro benzene ring substituents is 1. The number of nitrogens with zero attached hydrogens (tertiary/aromatic N) is 1. The van der Waals surface area contributed by atoms with Gasteiger partial charge in [0.1, 0.15) is 0 Å². The van der Waals surface area contributed by atoms with E-state index in [4.69, 9.17) is 0 Å². The second-order valence-corrected chi connectivity index (χ2v) is 6.00. The highest BCUT2D eigenvalue weighted by Crippen LogP contribution is 2.17. The molecule has 0 aliphatic heterocycles. The maximum atomic E-state index is 12.4. The van der Waals surface area contributed by atoms with Crippen LogP contribution in [0.5, 0.6) is 0 Å². The minimum absolute atomic E-state index is 0.0232. The molecule has 2 aromatic carbocycles. The van der Waals surface area contributed by atoms with Crippen LogP contribution in [0, 0.1) is 10.1 Å². The Bertz CT molecular complexity index is 877. The minimum Gasteiger partial charge on any atom is -0.350 e. The molecule has 2 rings (SSSR count). The molecule has 0 bridgehead atoms. The van der Waals surface area contributed by atoms with E-state index in [1.807, 2.05) is 13.8 Å². The van der Waals surface area contributed by atoms with Crippen LogP contribution in [0.4, 0.5) is 11.4 Å². The standard InChI is InChI=1S/C20H21N3O4/c1-3-14(2)21-20(25)17-9-4-5-10-18(17)22-19(24)12-11-15-7-6-8-16(13-15)23(26)27/h4-14H,3H2,1-2H3,(H,21,25)(H,22,24)/b12-11+/t14-/m1/s1. The van der Waals surface area contributed by atoms with Crippen LogP contribution in [0.3, 0.4) is 0 Å². The number of carbonyl (C=O) groups is 2. The molecule has 1 atom stereocenters. The molecule has 0 fully saturated rings. The molecule has 27 heavy (non-hydrogen) atoms. The highest BCUT2D eigenvalue weighted by Gasteiger charge is 2.13. The monoisotopic (exact) mass is 367 g/mol. The predicted molar refractivity (Wildman–Crippen MR) is 104 cm³/mol. The third-order valence-electron chi connectivity index (χ3n) is 3.93. The van der Waals surface area contributed by atoms with Gasteiger partial charge in [0, 0.05) is 24.3 Å². The molecule has 0 saturated carbocycles. The highest BCUT2D eigenvalue weighted by molar-refractivity contribution is 6.07. The van der Waals surface area contributed by atoms with Crippen molar-refractivity contribution >= 4 is 29.3 Å². The van der Waals surface area contributed by atoms with Gasteiger partial charge >= 0.3 is 0 Å². The molecule has 0 aliphatic carbocycles. The van der Waals surface area contributed by atoms with Crippen LogP contribution >= 0.6 is 0 Å². The molecule has 140 valence electrons. The average molecular weight is 367 g/mol. The van der Waals surface area contributed by atoms with Gasteiger partial charge in [-0.1, -0.05) is 31.2 Å². The first-order valence-corrected chi connectivity index (χ1v) is 8.54. The SMILES string of the molecule is CC[C@@H](C)NC(=O)c1ccccc1NC(=O)/C=C/c1cccc([N+](=O)[O-])c1. The fourth-order valence-electron chi connectivity index (χ4n) is 2.28. The normalized spacial score (nSPS) is 11.8. The maximum Gasteiger partial charge on any atom is 0.270 e. The van der Waals surface area contributed by atoms with E-state index >= 15 is 0 Å². The summed E-state index contributed by atoms with van der Waals surface area (Å²) in [5, 5.41) is 16.3. The fourth-order valence-corrected chi connectivity index (χ4v) is 2.28. The Kier molecular flexibility index (Phi) is 6.82. The Morgan fingerprint density at radius 1 is 1.19 bits per heavy atom. The Morgan fingerprint density at radius 3 is 2.63 bits per heavy atom. The number of nitro groups is 1. The van der Waals surface area contributed by atoms with E-state index in [1.165, 1.54) is 24.3 Å². The number of nitrogens with one attached hydrogen (secondary N) is 2. The summed E-state index contributed by atoms with van der Waals surface area (Å²) in [5.74, 6) is -0.701. The first kappa shape index (κ1) is 19.8. The van der Waals surface area contributed by atoms with Crippen molar-refractivity contribution < 1.29 is 14.5 Å². The molecule has 0 aromatic heterocycles. The summed E-state index contributed by atoms with van der Waals surface area (Å²) < 4.78 is 0. The molecule has 2 aromatic rings. The number of hydrogen-bond donors (Lipinski definition) is 2. The van der Waals surface area contributed by atoms with Crippen molar-refractivity contribution in [3.05, 3.63) is 75.8 Å². The van der Waals surface area contributed by atoms with E-state index in [0.29, 0.717) is 16.8 Å². The number of para-hydroxylation sites is 1. The van der Waals surface area contributed by atoms with E-state index in [9.17, 15) is 19.7 Å². The summed E-state index contributed by atoms with van der Waals surface area (Å²) in [6.45, 7) is 3.87. The largest absolute Gasteiger partial charge is 0.350 e. The van der Waals surface area contributed by atoms with Gasteiger partial charge in [-0.05, 0) is 37.1 Å². The summed E-state index contributed by atoms with van der Waals surface area (Å²) in [6.07, 6.45) is 3.54. The predicted octanol–water partition coefficient (Wildman–Crippen LogP) is 3.78. The zero-order valence-corrected chi connectivity index (χ0v) is 15.1. The van der Waals surface area contributed by atoms with Gasteiger partial charge in [-0.25, -0.2) is 0 Å². The van der Waals surface area contributed by atoms with Crippen LogP contribution < -0.4 is 10.6 Å². The summed E-state index contributed by atoms with van der Waals surface area (Å²) in [4.78, 5) is 34.8. The number of rotatable bonds is 7. The summed E-state index contributed by atoms with van der Waals surface area (Å²) in [7, 11) is 0. The quantitative estimate of drug-likeness (QED) is 0.442. The van der Waals surface area contributed by atoms with E-state index < -0.39 is 10.8 Å². The summed E-state index contributed by atoms with van der Waals surface area (Å²) >= 11 is 0. The molecule has 2 N–H and O–H groups in total. The van der Waals surface area contributed by atoms with Gasteiger partial charge in [0.2, 0.25) is 5.91 Å². The van der Waals surface area contributed by atoms with Crippen molar-refractivity contribution in [1.29, 1.82) is 0 Å². The smallest absolute Gasteiger partial charge is 0.270 e. The second kappa shape index (κ2) is 9.28. The van der Waals surface area contributed by atoms with E-state index in [1.54, 1.807) is 36.4 Å². The lowest BCUT2D eigenvalue weighted by Crippen LogP contribution is -2.32. The van der Waals surface area contributed by atoms with Gasteiger partial charge in [-0.15, -0.1) is 0 Å². The first-order chi connectivity index (χ1) is 12.9. The van der Waals surface area contributed by atoms with Gasteiger partial charge < -0.3 is 10.6 Å². The lowest BCUT2D eigenvalue weighted by molar-refractivity contribution is -0.384. The molecule has 0 radical (unpaired) electrons. The highest BCUT2D eigenvalue weighted by atomic mass is 16.6. The number of carbonyl (C=O) groups excluding carboxylic acids is 2. The number of non-ortho nitro benzene ring substituents is 1. The zero-order valence-electron chi connectivity index (χ0n) is 15.1. The molecule has 0 aliphatic rings. The molecule has 0 heterocycles. The second-order valence-electron chi connectivity index (χ2n) is 6.00. The average Bonchev–Trinajstić information content (AvgIpc) is 2.66. The van der Waals surface area contributed by atoms with Crippen LogP contribution in [0.1, 0.15) is 36.2 Å².